The Morgan fingerprint density at radius 2 is 1.70 bits per heavy atom. The van der Waals surface area contributed by atoms with Gasteiger partial charge in [-0.05, 0) is 53.9 Å². The molecule has 0 aliphatic rings. The first-order valence-corrected chi connectivity index (χ1v) is 10.5. The molecule has 0 unspecified atom stereocenters. The Hall–Kier alpha value is -1.00. The Morgan fingerprint density at radius 1 is 1.05 bits per heavy atom. The zero-order valence-electron chi connectivity index (χ0n) is 12.8. The number of nitrogens with two attached hydrogens (primary N) is 1. The van der Waals surface area contributed by atoms with Crippen LogP contribution in [0.4, 0.5) is 5.69 Å². The van der Waals surface area contributed by atoms with E-state index in [1.807, 2.05) is 18.2 Å². The van der Waals surface area contributed by atoms with Gasteiger partial charge in [0.15, 0.2) is 0 Å². The average molecular weight is 352 g/mol. The molecule has 0 bridgehead atoms. The molecule has 0 saturated heterocycles. The van der Waals surface area contributed by atoms with Crippen molar-refractivity contribution in [3.05, 3.63) is 34.8 Å². The summed E-state index contributed by atoms with van der Waals surface area (Å²) in [6.45, 7) is 11.2. The largest absolute Gasteiger partial charge is 0.543 e. The molecule has 2 aromatic rings. The van der Waals surface area contributed by atoms with Gasteiger partial charge < -0.3 is 10.2 Å². The molecule has 0 aliphatic heterocycles. The van der Waals surface area contributed by atoms with E-state index >= 15 is 0 Å². The topological polar surface area (TPSA) is 35.2 Å². The van der Waals surface area contributed by atoms with Crippen molar-refractivity contribution in [2.24, 2.45) is 0 Å². The normalized spacial score (nSPS) is 12.7. The third-order valence-electron chi connectivity index (χ3n) is 4.15. The minimum atomic E-state index is -1.82. The molecule has 0 atom stereocenters. The van der Waals surface area contributed by atoms with Crippen LogP contribution in [0.2, 0.25) is 18.1 Å². The van der Waals surface area contributed by atoms with E-state index < -0.39 is 8.32 Å². The van der Waals surface area contributed by atoms with Crippen LogP contribution in [0, 0.1) is 0 Å². The quantitative estimate of drug-likeness (QED) is 0.567. The van der Waals surface area contributed by atoms with Gasteiger partial charge in [0.2, 0.25) is 8.32 Å². The number of halogens is 1. The molecule has 20 heavy (non-hydrogen) atoms. The lowest BCUT2D eigenvalue weighted by molar-refractivity contribution is 0.493. The Morgan fingerprint density at radius 3 is 2.30 bits per heavy atom. The fraction of sp³-hybridized carbons (Fsp3) is 0.375. The van der Waals surface area contributed by atoms with Crippen molar-refractivity contribution < 1.29 is 4.43 Å². The second kappa shape index (κ2) is 5.08. The summed E-state index contributed by atoms with van der Waals surface area (Å²) in [5.74, 6) is 0.911. The molecule has 0 aromatic heterocycles. The second-order valence-electron chi connectivity index (χ2n) is 6.71. The maximum Gasteiger partial charge on any atom is 0.250 e. The minimum Gasteiger partial charge on any atom is -0.543 e. The predicted octanol–water partition coefficient (Wildman–Crippen LogP) is 5.57. The van der Waals surface area contributed by atoms with Crippen molar-refractivity contribution >= 4 is 40.7 Å². The van der Waals surface area contributed by atoms with E-state index in [2.05, 4.69) is 61.9 Å². The van der Waals surface area contributed by atoms with Crippen LogP contribution >= 0.6 is 15.9 Å². The van der Waals surface area contributed by atoms with Gasteiger partial charge in [0, 0.05) is 15.5 Å². The molecule has 0 fully saturated rings. The molecule has 2 nitrogen and oxygen atoms in total. The van der Waals surface area contributed by atoms with Gasteiger partial charge >= 0.3 is 0 Å². The molecular weight excluding hydrogens is 330 g/mol. The van der Waals surface area contributed by atoms with E-state index in [0.717, 1.165) is 26.7 Å². The number of hydrogen-bond acceptors (Lipinski definition) is 2. The van der Waals surface area contributed by atoms with Crippen LogP contribution in [0.5, 0.6) is 5.75 Å². The standard InChI is InChI=1S/C16H22BrNOSi/c1-16(2,3)20(4,5)19-11-6-7-12-13(10-11)15(18)9-8-14(12)17/h6-10H,18H2,1-5H3. The Bertz CT molecular complexity index is 647. The van der Waals surface area contributed by atoms with Crippen molar-refractivity contribution in [3.8, 4) is 5.75 Å². The highest BCUT2D eigenvalue weighted by Crippen LogP contribution is 2.39. The van der Waals surface area contributed by atoms with Crippen molar-refractivity contribution in [3.63, 3.8) is 0 Å². The molecule has 0 radical (unpaired) electrons. The van der Waals surface area contributed by atoms with Crippen molar-refractivity contribution in [1.29, 1.82) is 0 Å². The number of fused-ring (bicyclic) bond motifs is 1. The molecule has 0 aliphatic carbocycles. The van der Waals surface area contributed by atoms with Crippen molar-refractivity contribution in [1.82, 2.24) is 0 Å². The first-order valence-electron chi connectivity index (χ1n) is 6.78. The highest BCUT2D eigenvalue weighted by atomic mass is 79.9. The maximum absolute atomic E-state index is 6.34. The van der Waals surface area contributed by atoms with E-state index in [4.69, 9.17) is 10.2 Å². The fourth-order valence-electron chi connectivity index (χ4n) is 1.82. The predicted molar refractivity (Wildman–Crippen MR) is 93.9 cm³/mol. The van der Waals surface area contributed by atoms with Gasteiger partial charge in [0.05, 0.1) is 0 Å². The zero-order chi connectivity index (χ0) is 15.1. The van der Waals surface area contributed by atoms with E-state index in [1.165, 1.54) is 0 Å². The Balaban J connectivity index is 2.46. The third-order valence-corrected chi connectivity index (χ3v) is 9.20. The lowest BCUT2D eigenvalue weighted by atomic mass is 10.1. The number of benzene rings is 2. The summed E-state index contributed by atoms with van der Waals surface area (Å²) in [4.78, 5) is 0. The van der Waals surface area contributed by atoms with Gasteiger partial charge in [-0.15, -0.1) is 0 Å². The summed E-state index contributed by atoms with van der Waals surface area (Å²) in [5.41, 5.74) is 6.86. The average Bonchev–Trinajstić information content (AvgIpc) is 2.32. The van der Waals surface area contributed by atoms with Gasteiger partial charge in [0.1, 0.15) is 5.75 Å². The van der Waals surface area contributed by atoms with Crippen LogP contribution in [0.3, 0.4) is 0 Å². The second-order valence-corrected chi connectivity index (χ2v) is 12.3. The third kappa shape index (κ3) is 2.86. The van der Waals surface area contributed by atoms with Gasteiger partial charge in [-0.1, -0.05) is 36.7 Å². The highest BCUT2D eigenvalue weighted by Gasteiger charge is 2.38. The lowest BCUT2D eigenvalue weighted by Gasteiger charge is -2.36. The number of hydrogen-bond donors (Lipinski definition) is 1. The van der Waals surface area contributed by atoms with Crippen LogP contribution < -0.4 is 10.2 Å². The summed E-state index contributed by atoms with van der Waals surface area (Å²) in [7, 11) is -1.82. The van der Waals surface area contributed by atoms with Crippen LogP contribution in [0.25, 0.3) is 10.8 Å². The summed E-state index contributed by atoms with van der Waals surface area (Å²) in [6.07, 6.45) is 0. The molecule has 0 saturated carbocycles. The van der Waals surface area contributed by atoms with E-state index in [9.17, 15) is 0 Å². The summed E-state index contributed by atoms with van der Waals surface area (Å²) in [6, 6.07) is 10.1. The van der Waals surface area contributed by atoms with Crippen LogP contribution in [-0.4, -0.2) is 8.32 Å². The number of anilines is 1. The van der Waals surface area contributed by atoms with Crippen molar-refractivity contribution in [2.45, 2.75) is 38.9 Å². The molecule has 2 rings (SSSR count). The SMILES string of the molecule is CC(C)(C)[Si](C)(C)Oc1ccc2c(Br)ccc(N)c2c1. The van der Waals surface area contributed by atoms with Crippen LogP contribution in [-0.2, 0) is 0 Å². The van der Waals surface area contributed by atoms with Gasteiger partial charge in [-0.2, -0.15) is 0 Å². The summed E-state index contributed by atoms with van der Waals surface area (Å²) < 4.78 is 7.39. The highest BCUT2D eigenvalue weighted by molar-refractivity contribution is 9.10. The van der Waals surface area contributed by atoms with Crippen LogP contribution in [0.1, 0.15) is 20.8 Å². The number of rotatable bonds is 2. The molecule has 2 N–H and O–H groups in total. The molecule has 4 heteroatoms. The first kappa shape index (κ1) is 15.4. The van der Waals surface area contributed by atoms with Gasteiger partial charge in [0.25, 0.3) is 0 Å². The van der Waals surface area contributed by atoms with E-state index in [1.54, 1.807) is 0 Å². The zero-order valence-corrected chi connectivity index (χ0v) is 15.3. The summed E-state index contributed by atoms with van der Waals surface area (Å²) in [5, 5.41) is 2.34. The monoisotopic (exact) mass is 351 g/mol. The van der Waals surface area contributed by atoms with E-state index in [0.29, 0.717) is 0 Å². The maximum atomic E-state index is 6.34. The molecule has 0 spiro atoms. The van der Waals surface area contributed by atoms with E-state index in [-0.39, 0.29) is 5.04 Å². The molecular formula is C16H22BrNOSi. The number of nitrogen functional groups attached to an aromatic ring is 1. The van der Waals surface area contributed by atoms with Gasteiger partial charge in [-0.3, -0.25) is 0 Å². The van der Waals surface area contributed by atoms with Crippen molar-refractivity contribution in [2.75, 3.05) is 5.73 Å². The molecule has 2 aromatic carbocycles. The minimum absolute atomic E-state index is 0.185. The Labute approximate surface area is 130 Å². The first-order chi connectivity index (χ1) is 9.12. The fourth-order valence-corrected chi connectivity index (χ4v) is 3.32. The summed E-state index contributed by atoms with van der Waals surface area (Å²) >= 11 is 3.56. The van der Waals surface area contributed by atoms with Crippen LogP contribution in [0.15, 0.2) is 34.8 Å². The van der Waals surface area contributed by atoms with Gasteiger partial charge in [-0.25, -0.2) is 0 Å². The molecule has 0 amide bonds. The Kier molecular flexibility index (Phi) is 3.91. The molecule has 0 heterocycles. The smallest absolute Gasteiger partial charge is 0.250 e. The lowest BCUT2D eigenvalue weighted by Crippen LogP contribution is -2.43. The molecule has 108 valence electrons.